The van der Waals surface area contributed by atoms with E-state index in [1.54, 1.807) is 24.3 Å². The summed E-state index contributed by atoms with van der Waals surface area (Å²) >= 11 is 0. The Kier molecular flexibility index (Phi) is 8.51. The van der Waals surface area contributed by atoms with E-state index in [1.807, 2.05) is 26.8 Å². The Morgan fingerprint density at radius 3 is 2.32 bits per heavy atom. The van der Waals surface area contributed by atoms with Crippen LogP contribution in [0, 0.1) is 5.92 Å². The number of sulfonamides is 1. The Hall–Kier alpha value is -1.48. The molecule has 8 heteroatoms. The molecule has 0 amide bonds. The molecule has 0 bridgehead atoms. The highest BCUT2D eigenvalue weighted by atomic mass is 32.2. The summed E-state index contributed by atoms with van der Waals surface area (Å²) in [7, 11) is -3.37. The lowest BCUT2D eigenvalue weighted by Crippen LogP contribution is -2.39. The van der Waals surface area contributed by atoms with Gasteiger partial charge in [0, 0.05) is 6.54 Å². The fraction of sp³-hybridized carbons (Fsp3) is 0.588. The van der Waals surface area contributed by atoms with Gasteiger partial charge in [-0.3, -0.25) is 0 Å². The molecule has 0 aliphatic carbocycles. The molecule has 0 fully saturated rings. The van der Waals surface area contributed by atoms with E-state index in [1.165, 1.54) is 0 Å². The Labute approximate surface area is 149 Å². The van der Waals surface area contributed by atoms with Gasteiger partial charge in [-0.05, 0) is 18.4 Å². The molecule has 0 aliphatic rings. The van der Waals surface area contributed by atoms with Gasteiger partial charge in [0.05, 0.1) is 12.4 Å². The molecular weight excluding hydrogens is 344 g/mol. The van der Waals surface area contributed by atoms with Gasteiger partial charge in [-0.2, -0.15) is 0 Å². The molecular formula is C17H28N2O5S. The maximum atomic E-state index is 12.1. The first-order valence-electron chi connectivity index (χ1n) is 8.17. The van der Waals surface area contributed by atoms with Crippen LogP contribution in [-0.4, -0.2) is 46.0 Å². The van der Waals surface area contributed by atoms with E-state index in [0.717, 1.165) is 6.26 Å². The van der Waals surface area contributed by atoms with Crippen molar-refractivity contribution in [3.63, 3.8) is 0 Å². The molecule has 0 saturated carbocycles. The fourth-order valence-corrected chi connectivity index (χ4v) is 2.40. The number of rotatable bonds is 10. The Morgan fingerprint density at radius 1 is 1.20 bits per heavy atom. The number of carbonyl (C=O) groups excluding carboxylic acids is 1. The fourth-order valence-electron chi connectivity index (χ4n) is 1.91. The average molecular weight is 372 g/mol. The highest BCUT2D eigenvalue weighted by Crippen LogP contribution is 2.13. The number of hydrogen-bond donors (Lipinski definition) is 2. The zero-order valence-electron chi connectivity index (χ0n) is 15.1. The van der Waals surface area contributed by atoms with E-state index in [4.69, 9.17) is 15.2 Å². The minimum Gasteiger partial charge on any atom is -0.461 e. The molecule has 0 unspecified atom stereocenters. The van der Waals surface area contributed by atoms with Crippen LogP contribution in [0.5, 0.6) is 0 Å². The Balaban J connectivity index is 2.64. The quantitative estimate of drug-likeness (QED) is 0.598. The summed E-state index contributed by atoms with van der Waals surface area (Å²) < 4.78 is 36.0. The van der Waals surface area contributed by atoms with Crippen LogP contribution in [-0.2, 0) is 24.3 Å². The second-order valence-electron chi connectivity index (χ2n) is 6.35. The van der Waals surface area contributed by atoms with Crippen molar-refractivity contribution >= 4 is 16.0 Å². The van der Waals surface area contributed by atoms with Crippen LogP contribution in [0.1, 0.15) is 32.4 Å². The van der Waals surface area contributed by atoms with Crippen molar-refractivity contribution in [3.8, 4) is 0 Å². The van der Waals surface area contributed by atoms with Crippen LogP contribution >= 0.6 is 0 Å². The molecule has 0 saturated heterocycles. The van der Waals surface area contributed by atoms with Crippen molar-refractivity contribution in [3.05, 3.63) is 35.9 Å². The standard InChI is InChI=1S/C17H28N2O5S/c1-12(2)13(3)24-15(10-19-25(4,21)22)11-23-17(20)16(18)14-8-6-5-7-9-14/h5-9,12-13,15-16,19H,10-11,18H2,1-4H3/t13-,15-,16-/m0/s1. The van der Waals surface area contributed by atoms with Gasteiger partial charge in [-0.25, -0.2) is 17.9 Å². The summed E-state index contributed by atoms with van der Waals surface area (Å²) in [5.74, 6) is -0.348. The number of benzene rings is 1. The van der Waals surface area contributed by atoms with E-state index >= 15 is 0 Å². The summed E-state index contributed by atoms with van der Waals surface area (Å²) in [5, 5.41) is 0. The molecule has 0 aromatic heterocycles. The zero-order chi connectivity index (χ0) is 19.0. The third-order valence-electron chi connectivity index (χ3n) is 3.74. The van der Waals surface area contributed by atoms with Crippen molar-refractivity contribution in [2.75, 3.05) is 19.4 Å². The lowest BCUT2D eigenvalue weighted by molar-refractivity contribution is -0.151. The number of esters is 1. The predicted octanol–water partition coefficient (Wildman–Crippen LogP) is 1.21. The Bertz CT molecular complexity index is 634. The molecule has 1 aromatic carbocycles. The molecule has 1 aromatic rings. The minimum atomic E-state index is -3.37. The van der Waals surface area contributed by atoms with E-state index in [-0.39, 0.29) is 25.2 Å². The van der Waals surface area contributed by atoms with Crippen LogP contribution in [0.25, 0.3) is 0 Å². The molecule has 0 heterocycles. The second-order valence-corrected chi connectivity index (χ2v) is 8.18. The van der Waals surface area contributed by atoms with Crippen molar-refractivity contribution < 1.29 is 22.7 Å². The van der Waals surface area contributed by atoms with Crippen molar-refractivity contribution in [1.82, 2.24) is 4.72 Å². The first kappa shape index (κ1) is 21.6. The molecule has 0 spiro atoms. The smallest absolute Gasteiger partial charge is 0.327 e. The van der Waals surface area contributed by atoms with Gasteiger partial charge in [0.25, 0.3) is 0 Å². The first-order valence-corrected chi connectivity index (χ1v) is 10.1. The minimum absolute atomic E-state index is 0.0176. The molecule has 3 atom stereocenters. The van der Waals surface area contributed by atoms with Crippen molar-refractivity contribution in [2.24, 2.45) is 11.7 Å². The summed E-state index contributed by atoms with van der Waals surface area (Å²) in [6.45, 7) is 5.80. The van der Waals surface area contributed by atoms with E-state index < -0.39 is 28.1 Å². The van der Waals surface area contributed by atoms with Gasteiger partial charge in [0.2, 0.25) is 10.0 Å². The molecule has 25 heavy (non-hydrogen) atoms. The van der Waals surface area contributed by atoms with Crippen LogP contribution in [0.15, 0.2) is 30.3 Å². The van der Waals surface area contributed by atoms with Crippen LogP contribution in [0.3, 0.4) is 0 Å². The monoisotopic (exact) mass is 372 g/mol. The summed E-state index contributed by atoms with van der Waals surface area (Å²) in [4.78, 5) is 12.1. The van der Waals surface area contributed by atoms with Gasteiger partial charge in [-0.15, -0.1) is 0 Å². The molecule has 3 N–H and O–H groups in total. The van der Waals surface area contributed by atoms with Crippen molar-refractivity contribution in [1.29, 1.82) is 0 Å². The van der Waals surface area contributed by atoms with E-state index in [9.17, 15) is 13.2 Å². The van der Waals surface area contributed by atoms with Crippen molar-refractivity contribution in [2.45, 2.75) is 39.0 Å². The van der Waals surface area contributed by atoms with Gasteiger partial charge in [-0.1, -0.05) is 44.2 Å². The molecule has 1 rings (SSSR count). The molecule has 0 aliphatic heterocycles. The summed E-state index contributed by atoms with van der Waals surface area (Å²) in [5.41, 5.74) is 6.54. The van der Waals surface area contributed by atoms with Gasteiger partial charge < -0.3 is 15.2 Å². The largest absolute Gasteiger partial charge is 0.461 e. The molecule has 7 nitrogen and oxygen atoms in total. The highest BCUT2D eigenvalue weighted by Gasteiger charge is 2.22. The summed E-state index contributed by atoms with van der Waals surface area (Å²) in [6, 6.07) is 7.99. The van der Waals surface area contributed by atoms with Crippen LogP contribution in [0.2, 0.25) is 0 Å². The lowest BCUT2D eigenvalue weighted by Gasteiger charge is -2.25. The predicted molar refractivity (Wildman–Crippen MR) is 96.3 cm³/mol. The van der Waals surface area contributed by atoms with Gasteiger partial charge in [0.1, 0.15) is 18.8 Å². The Morgan fingerprint density at radius 2 is 1.80 bits per heavy atom. The molecule has 142 valence electrons. The maximum absolute atomic E-state index is 12.1. The van der Waals surface area contributed by atoms with Gasteiger partial charge in [0.15, 0.2) is 0 Å². The van der Waals surface area contributed by atoms with Gasteiger partial charge >= 0.3 is 5.97 Å². The SMILES string of the molecule is CC(C)[C@H](C)O[C@@H](CNS(C)(=O)=O)COC(=O)[C@@H](N)c1ccccc1. The third-order valence-corrected chi connectivity index (χ3v) is 4.43. The number of nitrogens with one attached hydrogen (secondary N) is 1. The van der Waals surface area contributed by atoms with Crippen LogP contribution in [0.4, 0.5) is 0 Å². The number of carbonyl (C=O) groups is 1. The first-order chi connectivity index (χ1) is 11.6. The van der Waals surface area contributed by atoms with E-state index in [0.29, 0.717) is 5.56 Å². The summed E-state index contributed by atoms with van der Waals surface area (Å²) in [6.07, 6.45) is 0.347. The topological polar surface area (TPSA) is 108 Å². The second kappa shape index (κ2) is 9.86. The average Bonchev–Trinajstić information content (AvgIpc) is 2.56. The number of hydrogen-bond acceptors (Lipinski definition) is 6. The molecule has 0 radical (unpaired) electrons. The van der Waals surface area contributed by atoms with Crippen LogP contribution < -0.4 is 10.5 Å². The van der Waals surface area contributed by atoms with E-state index in [2.05, 4.69) is 4.72 Å². The third kappa shape index (κ3) is 8.44. The highest BCUT2D eigenvalue weighted by molar-refractivity contribution is 7.88. The zero-order valence-corrected chi connectivity index (χ0v) is 16.0. The number of nitrogens with two attached hydrogens (primary N) is 1. The number of ether oxygens (including phenoxy) is 2. The lowest BCUT2D eigenvalue weighted by atomic mass is 10.1. The maximum Gasteiger partial charge on any atom is 0.327 e. The normalized spacial score (nSPS) is 15.6.